The van der Waals surface area contributed by atoms with Crippen LogP contribution in [-0.2, 0) is 4.74 Å². The molecule has 6 nitrogen and oxygen atoms in total. The molecule has 0 radical (unpaired) electrons. The van der Waals surface area contributed by atoms with Crippen LogP contribution in [-0.4, -0.2) is 36.3 Å². The minimum absolute atomic E-state index is 0.180. The van der Waals surface area contributed by atoms with Crippen molar-refractivity contribution in [1.29, 1.82) is 0 Å². The van der Waals surface area contributed by atoms with Gasteiger partial charge in [0.1, 0.15) is 5.69 Å². The highest BCUT2D eigenvalue weighted by molar-refractivity contribution is 5.60. The SMILES string of the molecule is Nc1c(N2CCCOCC2)nc[nH]c1=O. The third kappa shape index (κ3) is 2.10. The second kappa shape index (κ2) is 4.31. The lowest BCUT2D eigenvalue weighted by Crippen LogP contribution is -2.30. The molecule has 0 atom stereocenters. The second-order valence-electron chi connectivity index (χ2n) is 3.42. The number of hydrogen-bond acceptors (Lipinski definition) is 5. The van der Waals surface area contributed by atoms with Gasteiger partial charge in [0.25, 0.3) is 5.56 Å². The molecule has 1 aliphatic rings. The summed E-state index contributed by atoms with van der Waals surface area (Å²) >= 11 is 0. The van der Waals surface area contributed by atoms with Gasteiger partial charge in [-0.3, -0.25) is 4.79 Å². The van der Waals surface area contributed by atoms with Gasteiger partial charge in [0.2, 0.25) is 0 Å². The molecule has 15 heavy (non-hydrogen) atoms. The van der Waals surface area contributed by atoms with Gasteiger partial charge in [-0.2, -0.15) is 0 Å². The van der Waals surface area contributed by atoms with E-state index in [1.165, 1.54) is 6.33 Å². The van der Waals surface area contributed by atoms with E-state index in [9.17, 15) is 4.79 Å². The maximum absolute atomic E-state index is 11.3. The summed E-state index contributed by atoms with van der Waals surface area (Å²) in [6, 6.07) is 0. The largest absolute Gasteiger partial charge is 0.391 e. The molecule has 6 heteroatoms. The van der Waals surface area contributed by atoms with Crippen molar-refractivity contribution in [2.24, 2.45) is 0 Å². The fourth-order valence-corrected chi connectivity index (χ4v) is 1.61. The molecule has 0 unspecified atom stereocenters. The van der Waals surface area contributed by atoms with E-state index in [4.69, 9.17) is 10.5 Å². The first-order chi connectivity index (χ1) is 7.29. The van der Waals surface area contributed by atoms with Crippen LogP contribution in [0.3, 0.4) is 0 Å². The fourth-order valence-electron chi connectivity index (χ4n) is 1.61. The average molecular weight is 210 g/mol. The zero-order chi connectivity index (χ0) is 10.7. The molecule has 1 aromatic rings. The Hall–Kier alpha value is -1.56. The molecule has 0 aliphatic carbocycles. The second-order valence-corrected chi connectivity index (χ2v) is 3.42. The molecule has 1 aromatic heterocycles. The summed E-state index contributed by atoms with van der Waals surface area (Å²) in [5.41, 5.74) is 5.57. The Balaban J connectivity index is 2.27. The van der Waals surface area contributed by atoms with Crippen molar-refractivity contribution < 1.29 is 4.74 Å². The van der Waals surface area contributed by atoms with Gasteiger partial charge in [0.15, 0.2) is 5.82 Å². The number of H-pyrrole nitrogens is 1. The van der Waals surface area contributed by atoms with Gasteiger partial charge >= 0.3 is 0 Å². The molecule has 0 saturated carbocycles. The summed E-state index contributed by atoms with van der Waals surface area (Å²) in [6.45, 7) is 2.94. The van der Waals surface area contributed by atoms with E-state index in [2.05, 4.69) is 9.97 Å². The zero-order valence-corrected chi connectivity index (χ0v) is 8.40. The quantitative estimate of drug-likeness (QED) is 0.657. The smallest absolute Gasteiger partial charge is 0.276 e. The molecule has 2 heterocycles. The summed E-state index contributed by atoms with van der Waals surface area (Å²) < 4.78 is 5.32. The normalized spacial score (nSPS) is 17.5. The van der Waals surface area contributed by atoms with E-state index < -0.39 is 0 Å². The van der Waals surface area contributed by atoms with Crippen LogP contribution in [0.5, 0.6) is 0 Å². The lowest BCUT2D eigenvalue weighted by molar-refractivity contribution is 0.152. The zero-order valence-electron chi connectivity index (χ0n) is 8.40. The lowest BCUT2D eigenvalue weighted by atomic mass is 10.3. The molecule has 1 aliphatic heterocycles. The van der Waals surface area contributed by atoms with E-state index in [0.717, 1.165) is 26.1 Å². The third-order valence-electron chi connectivity index (χ3n) is 2.39. The van der Waals surface area contributed by atoms with Crippen LogP contribution < -0.4 is 16.2 Å². The van der Waals surface area contributed by atoms with Gasteiger partial charge in [-0.25, -0.2) is 4.98 Å². The molecule has 0 aromatic carbocycles. The molecule has 82 valence electrons. The Bertz CT molecular complexity index is 382. The predicted octanol–water partition coefficient (Wildman–Crippen LogP) is -0.421. The summed E-state index contributed by atoms with van der Waals surface area (Å²) in [5, 5.41) is 0. The van der Waals surface area contributed by atoms with Crippen LogP contribution >= 0.6 is 0 Å². The van der Waals surface area contributed by atoms with E-state index >= 15 is 0 Å². The number of nitrogens with zero attached hydrogens (tertiary/aromatic N) is 2. The molecule has 1 saturated heterocycles. The molecule has 0 bridgehead atoms. The van der Waals surface area contributed by atoms with Crippen molar-refractivity contribution in [2.45, 2.75) is 6.42 Å². The highest BCUT2D eigenvalue weighted by atomic mass is 16.5. The molecular weight excluding hydrogens is 196 g/mol. The number of nitrogens with two attached hydrogens (primary N) is 1. The molecule has 3 N–H and O–H groups in total. The Morgan fingerprint density at radius 3 is 3.20 bits per heavy atom. The monoisotopic (exact) mass is 210 g/mol. The topological polar surface area (TPSA) is 84.2 Å². The van der Waals surface area contributed by atoms with Crippen molar-refractivity contribution in [3.63, 3.8) is 0 Å². The van der Waals surface area contributed by atoms with Crippen LogP contribution in [0, 0.1) is 0 Å². The van der Waals surface area contributed by atoms with Gasteiger partial charge < -0.3 is 20.4 Å². The number of anilines is 2. The number of rotatable bonds is 1. The maximum Gasteiger partial charge on any atom is 0.276 e. The minimum Gasteiger partial charge on any atom is -0.391 e. The average Bonchev–Trinajstić information content (AvgIpc) is 2.50. The number of aromatic amines is 1. The third-order valence-corrected chi connectivity index (χ3v) is 2.39. The summed E-state index contributed by atoms with van der Waals surface area (Å²) in [4.78, 5) is 19.8. The van der Waals surface area contributed by atoms with E-state index in [1.54, 1.807) is 0 Å². The number of aromatic nitrogens is 2. The number of hydrogen-bond donors (Lipinski definition) is 2. The number of nitrogen functional groups attached to an aromatic ring is 1. The molecule has 0 amide bonds. The summed E-state index contributed by atoms with van der Waals surface area (Å²) in [6.07, 6.45) is 2.30. The maximum atomic E-state index is 11.3. The predicted molar refractivity (Wildman–Crippen MR) is 56.9 cm³/mol. The summed E-state index contributed by atoms with van der Waals surface area (Å²) in [7, 11) is 0. The van der Waals surface area contributed by atoms with Crippen molar-refractivity contribution in [2.75, 3.05) is 36.9 Å². The highest BCUT2D eigenvalue weighted by Crippen LogP contribution is 2.16. The van der Waals surface area contributed by atoms with Crippen LogP contribution in [0.2, 0.25) is 0 Å². The standard InChI is InChI=1S/C9H14N4O2/c10-7-8(11-6-12-9(7)14)13-2-1-4-15-5-3-13/h6H,1-5,10H2,(H,11,12,14). The van der Waals surface area contributed by atoms with Crippen LogP contribution in [0.1, 0.15) is 6.42 Å². The Labute approximate surface area is 87.1 Å². The van der Waals surface area contributed by atoms with E-state index in [1.807, 2.05) is 4.90 Å². The van der Waals surface area contributed by atoms with Gasteiger partial charge in [-0.05, 0) is 6.42 Å². The minimum atomic E-state index is -0.287. The lowest BCUT2D eigenvalue weighted by Gasteiger charge is -2.21. The Morgan fingerprint density at radius 1 is 1.47 bits per heavy atom. The van der Waals surface area contributed by atoms with Crippen LogP contribution in [0.4, 0.5) is 11.5 Å². The Morgan fingerprint density at radius 2 is 2.33 bits per heavy atom. The molecule has 0 spiro atoms. The number of nitrogens with one attached hydrogen (secondary N) is 1. The fraction of sp³-hybridized carbons (Fsp3) is 0.556. The van der Waals surface area contributed by atoms with Crippen molar-refractivity contribution >= 4 is 11.5 Å². The first kappa shape index (κ1) is 9.97. The van der Waals surface area contributed by atoms with E-state index in [0.29, 0.717) is 12.4 Å². The van der Waals surface area contributed by atoms with Gasteiger partial charge in [-0.1, -0.05) is 0 Å². The van der Waals surface area contributed by atoms with Gasteiger partial charge in [0, 0.05) is 19.7 Å². The Kier molecular flexibility index (Phi) is 2.86. The van der Waals surface area contributed by atoms with Crippen molar-refractivity contribution in [1.82, 2.24) is 9.97 Å². The van der Waals surface area contributed by atoms with Gasteiger partial charge in [-0.15, -0.1) is 0 Å². The first-order valence-corrected chi connectivity index (χ1v) is 4.95. The first-order valence-electron chi connectivity index (χ1n) is 4.95. The van der Waals surface area contributed by atoms with Crippen LogP contribution in [0.15, 0.2) is 11.1 Å². The van der Waals surface area contributed by atoms with Crippen molar-refractivity contribution in [3.8, 4) is 0 Å². The van der Waals surface area contributed by atoms with Gasteiger partial charge in [0.05, 0.1) is 12.9 Å². The molecule has 2 rings (SSSR count). The van der Waals surface area contributed by atoms with Crippen LogP contribution in [0.25, 0.3) is 0 Å². The van der Waals surface area contributed by atoms with E-state index in [-0.39, 0.29) is 11.2 Å². The summed E-state index contributed by atoms with van der Waals surface area (Å²) in [5.74, 6) is 0.559. The number of ether oxygens (including phenoxy) is 1. The molecular formula is C9H14N4O2. The molecule has 1 fully saturated rings. The highest BCUT2D eigenvalue weighted by Gasteiger charge is 2.15. The van der Waals surface area contributed by atoms with Crippen molar-refractivity contribution in [3.05, 3.63) is 16.7 Å².